The Labute approximate surface area is 151 Å². The molecule has 0 heterocycles. The second kappa shape index (κ2) is 9.36. The molecule has 0 radical (unpaired) electrons. The minimum atomic E-state index is -0.979. The standard InChI is InChI=1S/C20H21NO5/c1-26-17-7-5-15(6-8-17)18(22)9-10-19(23)21-12-11-14-3-2-4-16(13-14)20(24)25/h2-8,13H,9-12H2,1H3,(H,21,23)(H,24,25). The van der Waals surface area contributed by atoms with E-state index in [1.54, 1.807) is 43.5 Å². The molecule has 0 atom stereocenters. The highest BCUT2D eigenvalue weighted by atomic mass is 16.5. The summed E-state index contributed by atoms with van der Waals surface area (Å²) >= 11 is 0. The Morgan fingerprint density at radius 2 is 1.73 bits per heavy atom. The maximum absolute atomic E-state index is 12.1. The van der Waals surface area contributed by atoms with Crippen LogP contribution in [0.4, 0.5) is 0 Å². The number of hydrogen-bond acceptors (Lipinski definition) is 4. The van der Waals surface area contributed by atoms with Crippen LogP contribution in [0.1, 0.15) is 39.1 Å². The van der Waals surface area contributed by atoms with Crippen LogP contribution in [-0.2, 0) is 11.2 Å². The molecule has 26 heavy (non-hydrogen) atoms. The predicted molar refractivity (Wildman–Crippen MR) is 96.7 cm³/mol. The molecule has 0 spiro atoms. The third-order valence-electron chi connectivity index (χ3n) is 3.90. The Balaban J connectivity index is 1.74. The van der Waals surface area contributed by atoms with Crippen molar-refractivity contribution in [2.45, 2.75) is 19.3 Å². The first-order valence-corrected chi connectivity index (χ1v) is 8.26. The van der Waals surface area contributed by atoms with Crippen molar-refractivity contribution in [2.24, 2.45) is 0 Å². The van der Waals surface area contributed by atoms with E-state index >= 15 is 0 Å². The Hall–Kier alpha value is -3.15. The van der Waals surface area contributed by atoms with Gasteiger partial charge in [-0.1, -0.05) is 12.1 Å². The zero-order valence-electron chi connectivity index (χ0n) is 14.5. The number of benzene rings is 2. The molecular formula is C20H21NO5. The van der Waals surface area contributed by atoms with Crippen molar-refractivity contribution < 1.29 is 24.2 Å². The van der Waals surface area contributed by atoms with Gasteiger partial charge in [0.15, 0.2) is 5.78 Å². The van der Waals surface area contributed by atoms with Crippen LogP contribution in [0.2, 0.25) is 0 Å². The maximum Gasteiger partial charge on any atom is 0.335 e. The summed E-state index contributed by atoms with van der Waals surface area (Å²) in [6.45, 7) is 0.388. The van der Waals surface area contributed by atoms with E-state index in [1.165, 1.54) is 6.07 Å². The summed E-state index contributed by atoms with van der Waals surface area (Å²) in [5, 5.41) is 11.7. The second-order valence-electron chi connectivity index (χ2n) is 5.76. The third-order valence-corrected chi connectivity index (χ3v) is 3.90. The van der Waals surface area contributed by atoms with Crippen LogP contribution in [0.25, 0.3) is 0 Å². The van der Waals surface area contributed by atoms with Gasteiger partial charge in [0.1, 0.15) is 5.75 Å². The molecule has 1 amide bonds. The van der Waals surface area contributed by atoms with Crippen molar-refractivity contribution in [2.75, 3.05) is 13.7 Å². The van der Waals surface area contributed by atoms with E-state index in [0.717, 1.165) is 5.56 Å². The minimum Gasteiger partial charge on any atom is -0.497 e. The first-order chi connectivity index (χ1) is 12.5. The Morgan fingerprint density at radius 3 is 2.38 bits per heavy atom. The van der Waals surface area contributed by atoms with E-state index in [2.05, 4.69) is 5.32 Å². The Bertz CT molecular complexity index is 783. The summed E-state index contributed by atoms with van der Waals surface area (Å²) in [4.78, 5) is 34.9. The number of carbonyl (C=O) groups excluding carboxylic acids is 2. The van der Waals surface area contributed by atoms with E-state index in [-0.39, 0.29) is 30.1 Å². The number of aromatic carboxylic acids is 1. The van der Waals surface area contributed by atoms with Crippen molar-refractivity contribution in [3.8, 4) is 5.75 Å². The van der Waals surface area contributed by atoms with Crippen LogP contribution in [0.5, 0.6) is 5.75 Å². The monoisotopic (exact) mass is 355 g/mol. The molecule has 0 fully saturated rings. The lowest BCUT2D eigenvalue weighted by molar-refractivity contribution is -0.121. The van der Waals surface area contributed by atoms with Gasteiger partial charge in [-0.15, -0.1) is 0 Å². The lowest BCUT2D eigenvalue weighted by Gasteiger charge is -2.06. The number of nitrogens with one attached hydrogen (secondary N) is 1. The number of hydrogen-bond donors (Lipinski definition) is 2. The largest absolute Gasteiger partial charge is 0.497 e. The van der Waals surface area contributed by atoms with E-state index in [9.17, 15) is 14.4 Å². The third kappa shape index (κ3) is 5.73. The van der Waals surface area contributed by atoms with Crippen LogP contribution in [0.15, 0.2) is 48.5 Å². The number of carboxylic acids is 1. The molecule has 6 nitrogen and oxygen atoms in total. The number of ketones is 1. The van der Waals surface area contributed by atoms with Gasteiger partial charge < -0.3 is 15.2 Å². The molecule has 0 saturated heterocycles. The van der Waals surface area contributed by atoms with Gasteiger partial charge in [-0.25, -0.2) is 4.79 Å². The zero-order chi connectivity index (χ0) is 18.9. The van der Waals surface area contributed by atoms with Crippen molar-refractivity contribution in [1.29, 1.82) is 0 Å². The number of methoxy groups -OCH3 is 1. The average Bonchev–Trinajstić information content (AvgIpc) is 2.66. The number of ether oxygens (including phenoxy) is 1. The highest BCUT2D eigenvalue weighted by Gasteiger charge is 2.10. The van der Waals surface area contributed by atoms with Crippen LogP contribution < -0.4 is 10.1 Å². The van der Waals surface area contributed by atoms with Gasteiger partial charge in [0.2, 0.25) is 5.91 Å². The molecule has 2 aromatic rings. The molecule has 0 bridgehead atoms. The molecule has 136 valence electrons. The van der Waals surface area contributed by atoms with Gasteiger partial charge in [0.25, 0.3) is 0 Å². The lowest BCUT2D eigenvalue weighted by atomic mass is 10.1. The van der Waals surface area contributed by atoms with Crippen LogP contribution >= 0.6 is 0 Å². The van der Waals surface area contributed by atoms with Crippen molar-refractivity contribution in [1.82, 2.24) is 5.32 Å². The smallest absolute Gasteiger partial charge is 0.335 e. The fourth-order valence-corrected chi connectivity index (χ4v) is 2.44. The quantitative estimate of drug-likeness (QED) is 0.675. The van der Waals surface area contributed by atoms with E-state index < -0.39 is 5.97 Å². The minimum absolute atomic E-state index is 0.100. The first-order valence-electron chi connectivity index (χ1n) is 8.26. The number of Topliss-reactive ketones (excluding diaryl/α,β-unsaturated/α-hetero) is 1. The van der Waals surface area contributed by atoms with Gasteiger partial charge in [-0.05, 0) is 48.4 Å². The van der Waals surface area contributed by atoms with E-state index in [0.29, 0.717) is 24.3 Å². The number of carbonyl (C=O) groups is 3. The fraction of sp³-hybridized carbons (Fsp3) is 0.250. The molecule has 6 heteroatoms. The Morgan fingerprint density at radius 1 is 1.00 bits per heavy atom. The molecule has 0 aromatic heterocycles. The molecular weight excluding hydrogens is 334 g/mol. The van der Waals surface area contributed by atoms with Crippen LogP contribution in [0.3, 0.4) is 0 Å². The molecule has 0 aliphatic rings. The molecule has 0 aliphatic heterocycles. The highest BCUT2D eigenvalue weighted by Crippen LogP contribution is 2.13. The van der Waals surface area contributed by atoms with Crippen molar-refractivity contribution in [3.05, 3.63) is 65.2 Å². The van der Waals surface area contributed by atoms with Gasteiger partial charge in [0, 0.05) is 24.9 Å². The van der Waals surface area contributed by atoms with E-state index in [1.807, 2.05) is 6.07 Å². The normalized spacial score (nSPS) is 10.2. The number of carboxylic acid groups (broad SMARTS) is 1. The molecule has 0 aliphatic carbocycles. The SMILES string of the molecule is COc1ccc(C(=O)CCC(=O)NCCc2cccc(C(=O)O)c2)cc1. The number of amides is 1. The van der Waals surface area contributed by atoms with Crippen molar-refractivity contribution in [3.63, 3.8) is 0 Å². The van der Waals surface area contributed by atoms with Gasteiger partial charge >= 0.3 is 5.97 Å². The van der Waals surface area contributed by atoms with Gasteiger partial charge in [0.05, 0.1) is 12.7 Å². The lowest BCUT2D eigenvalue weighted by Crippen LogP contribution is -2.26. The summed E-state index contributed by atoms with van der Waals surface area (Å²) in [6.07, 6.45) is 0.770. The highest BCUT2D eigenvalue weighted by molar-refractivity contribution is 5.98. The summed E-state index contributed by atoms with van der Waals surface area (Å²) in [5.74, 6) is -0.614. The van der Waals surface area contributed by atoms with E-state index in [4.69, 9.17) is 9.84 Å². The molecule has 0 unspecified atom stereocenters. The summed E-state index contributed by atoms with van der Waals surface area (Å²) in [6, 6.07) is 13.4. The predicted octanol–water partition coefficient (Wildman–Crippen LogP) is 2.72. The fourth-order valence-electron chi connectivity index (χ4n) is 2.44. The average molecular weight is 355 g/mol. The molecule has 2 aromatic carbocycles. The van der Waals surface area contributed by atoms with Crippen LogP contribution in [-0.4, -0.2) is 36.4 Å². The molecule has 2 rings (SSSR count). The first kappa shape index (κ1) is 19.2. The van der Waals surface area contributed by atoms with Crippen LogP contribution in [0, 0.1) is 0 Å². The second-order valence-corrected chi connectivity index (χ2v) is 5.76. The summed E-state index contributed by atoms with van der Waals surface area (Å²) < 4.78 is 5.04. The topological polar surface area (TPSA) is 92.7 Å². The zero-order valence-corrected chi connectivity index (χ0v) is 14.5. The van der Waals surface area contributed by atoms with Gasteiger partial charge in [-0.3, -0.25) is 9.59 Å². The van der Waals surface area contributed by atoms with Crippen molar-refractivity contribution >= 4 is 17.7 Å². The molecule has 0 saturated carbocycles. The molecule has 2 N–H and O–H groups in total. The van der Waals surface area contributed by atoms with Gasteiger partial charge in [-0.2, -0.15) is 0 Å². The maximum atomic E-state index is 12.1. The Kier molecular flexibility index (Phi) is 6.91. The summed E-state index contributed by atoms with van der Waals surface area (Å²) in [5.41, 5.74) is 1.60. The summed E-state index contributed by atoms with van der Waals surface area (Å²) in [7, 11) is 1.55. The number of rotatable bonds is 9.